The number of aryl methyl sites for hydroxylation is 2. The van der Waals surface area contributed by atoms with Gasteiger partial charge in [-0.2, -0.15) is 0 Å². The lowest BCUT2D eigenvalue weighted by molar-refractivity contribution is -0.139. The summed E-state index contributed by atoms with van der Waals surface area (Å²) in [5.74, 6) is -0.274. The number of thioether (sulfide) groups is 1. The Morgan fingerprint density at radius 2 is 1.83 bits per heavy atom. The van der Waals surface area contributed by atoms with Crippen LogP contribution >= 0.6 is 11.8 Å². The molecule has 3 rings (SSSR count). The average Bonchev–Trinajstić information content (AvgIpc) is 2.97. The summed E-state index contributed by atoms with van der Waals surface area (Å²) in [7, 11) is 0. The van der Waals surface area contributed by atoms with Crippen LogP contribution in [-0.2, 0) is 9.59 Å². The van der Waals surface area contributed by atoms with E-state index >= 15 is 0 Å². The molecule has 1 aliphatic rings. The summed E-state index contributed by atoms with van der Waals surface area (Å²) in [6, 6.07) is 12.5. The Bertz CT molecular complexity index is 999. The fourth-order valence-corrected chi connectivity index (χ4v) is 3.62. The summed E-state index contributed by atoms with van der Waals surface area (Å²) in [5, 5.41) is 8.29. The molecule has 30 heavy (non-hydrogen) atoms. The molecule has 8 heteroatoms. The van der Waals surface area contributed by atoms with Crippen LogP contribution in [0, 0.1) is 13.8 Å². The lowest BCUT2D eigenvalue weighted by atomic mass is 10.1. The van der Waals surface area contributed by atoms with Crippen LogP contribution in [0.5, 0.6) is 11.5 Å². The van der Waals surface area contributed by atoms with Crippen LogP contribution in [0.1, 0.15) is 16.7 Å². The van der Waals surface area contributed by atoms with Crippen LogP contribution in [0.15, 0.2) is 47.4 Å². The number of nitrogens with zero attached hydrogens (tertiary/aromatic N) is 1. The molecule has 0 atom stereocenters. The normalized spacial score (nSPS) is 15.0. The number of hydrogen-bond donors (Lipinski definition) is 1. The Hall–Kier alpha value is -3.26. The van der Waals surface area contributed by atoms with E-state index in [0.717, 1.165) is 28.6 Å². The van der Waals surface area contributed by atoms with Crippen LogP contribution in [-0.4, -0.2) is 46.9 Å². The third-order valence-corrected chi connectivity index (χ3v) is 5.24. The molecule has 2 amide bonds. The van der Waals surface area contributed by atoms with Gasteiger partial charge in [-0.3, -0.25) is 14.5 Å². The van der Waals surface area contributed by atoms with Crippen LogP contribution in [0.25, 0.3) is 6.08 Å². The van der Waals surface area contributed by atoms with E-state index in [2.05, 4.69) is 0 Å². The van der Waals surface area contributed by atoms with E-state index in [9.17, 15) is 14.4 Å². The maximum absolute atomic E-state index is 12.6. The van der Waals surface area contributed by atoms with Crippen molar-refractivity contribution in [1.82, 2.24) is 4.90 Å². The van der Waals surface area contributed by atoms with Crippen LogP contribution in [0.2, 0.25) is 0 Å². The molecule has 156 valence electrons. The molecule has 2 aromatic carbocycles. The van der Waals surface area contributed by atoms with E-state index in [-0.39, 0.29) is 24.3 Å². The van der Waals surface area contributed by atoms with Gasteiger partial charge in [-0.25, -0.2) is 4.79 Å². The summed E-state index contributed by atoms with van der Waals surface area (Å²) >= 11 is 0.881. The van der Waals surface area contributed by atoms with Crippen LogP contribution in [0.4, 0.5) is 4.79 Å². The van der Waals surface area contributed by atoms with E-state index < -0.39 is 12.6 Å². The highest BCUT2D eigenvalue weighted by Gasteiger charge is 2.34. The Morgan fingerprint density at radius 1 is 1.10 bits per heavy atom. The Morgan fingerprint density at radius 3 is 2.53 bits per heavy atom. The van der Waals surface area contributed by atoms with E-state index in [4.69, 9.17) is 14.6 Å². The van der Waals surface area contributed by atoms with E-state index in [0.29, 0.717) is 16.2 Å². The van der Waals surface area contributed by atoms with Gasteiger partial charge in [-0.15, -0.1) is 0 Å². The van der Waals surface area contributed by atoms with Gasteiger partial charge in [0.05, 0.1) is 11.4 Å². The molecule has 0 bridgehead atoms. The summed E-state index contributed by atoms with van der Waals surface area (Å²) in [6.07, 6.45) is 1.62. The first-order valence-corrected chi connectivity index (χ1v) is 10.1. The highest BCUT2D eigenvalue weighted by Crippen LogP contribution is 2.32. The minimum atomic E-state index is -1.06. The standard InChI is InChI=1S/C22H21NO6S/c1-14-3-4-15(2)18(11-14)28-10-9-23-21(26)19(30-22(23)27)12-16-5-7-17(8-6-16)29-13-20(24)25/h3-8,11-12H,9-10,13H2,1-2H3,(H,24,25)/b19-12-. The number of rotatable bonds is 8. The van der Waals surface area contributed by atoms with Gasteiger partial charge in [0.25, 0.3) is 11.1 Å². The van der Waals surface area contributed by atoms with Gasteiger partial charge in [0.1, 0.15) is 18.1 Å². The molecule has 1 N–H and O–H groups in total. The molecule has 1 aliphatic heterocycles. The number of carbonyl (C=O) groups excluding carboxylic acids is 2. The molecule has 1 heterocycles. The molecule has 0 aromatic heterocycles. The van der Waals surface area contributed by atoms with E-state index in [1.54, 1.807) is 30.3 Å². The van der Waals surface area contributed by atoms with Crippen molar-refractivity contribution in [2.75, 3.05) is 19.8 Å². The predicted octanol–water partition coefficient (Wildman–Crippen LogP) is 3.88. The van der Waals surface area contributed by atoms with Gasteiger partial charge in [-0.1, -0.05) is 24.3 Å². The predicted molar refractivity (Wildman–Crippen MR) is 114 cm³/mol. The zero-order valence-electron chi connectivity index (χ0n) is 16.6. The minimum absolute atomic E-state index is 0.164. The monoisotopic (exact) mass is 427 g/mol. The molecule has 1 fully saturated rings. The maximum Gasteiger partial charge on any atom is 0.341 e. The number of aliphatic carboxylic acids is 1. The van der Waals surface area contributed by atoms with Crippen molar-refractivity contribution in [3.8, 4) is 11.5 Å². The SMILES string of the molecule is Cc1ccc(C)c(OCCN2C(=O)S/C(=C\c3ccc(OCC(=O)O)cc3)C2=O)c1. The lowest BCUT2D eigenvalue weighted by Gasteiger charge is -2.14. The lowest BCUT2D eigenvalue weighted by Crippen LogP contribution is -2.32. The second-order valence-electron chi connectivity index (χ2n) is 6.70. The Labute approximate surface area is 178 Å². The number of carboxylic acids is 1. The fraction of sp³-hybridized carbons (Fsp3) is 0.227. The van der Waals surface area contributed by atoms with Crippen molar-refractivity contribution in [3.05, 3.63) is 64.1 Å². The molecule has 1 saturated heterocycles. The topological polar surface area (TPSA) is 93.1 Å². The molecule has 0 saturated carbocycles. The second-order valence-corrected chi connectivity index (χ2v) is 7.70. The zero-order chi connectivity index (χ0) is 21.7. The van der Waals surface area contributed by atoms with Gasteiger partial charge in [0.15, 0.2) is 6.61 Å². The van der Waals surface area contributed by atoms with Crippen molar-refractivity contribution < 1.29 is 29.0 Å². The third-order valence-electron chi connectivity index (χ3n) is 4.33. The highest BCUT2D eigenvalue weighted by atomic mass is 32.2. The number of carboxylic acid groups (broad SMARTS) is 1. The molecule has 0 radical (unpaired) electrons. The van der Waals surface area contributed by atoms with Crippen molar-refractivity contribution in [1.29, 1.82) is 0 Å². The first-order chi connectivity index (χ1) is 14.3. The summed E-state index contributed by atoms with van der Waals surface area (Å²) < 4.78 is 10.8. The minimum Gasteiger partial charge on any atom is -0.491 e. The summed E-state index contributed by atoms with van der Waals surface area (Å²) in [5.41, 5.74) is 2.77. The molecule has 0 aliphatic carbocycles. The Balaban J connectivity index is 1.60. The highest BCUT2D eigenvalue weighted by molar-refractivity contribution is 8.18. The molecule has 0 spiro atoms. The van der Waals surface area contributed by atoms with Crippen molar-refractivity contribution in [3.63, 3.8) is 0 Å². The van der Waals surface area contributed by atoms with E-state index in [1.807, 2.05) is 32.0 Å². The average molecular weight is 427 g/mol. The first-order valence-electron chi connectivity index (χ1n) is 9.23. The molecule has 0 unspecified atom stereocenters. The number of ether oxygens (including phenoxy) is 2. The second kappa shape index (κ2) is 9.49. The smallest absolute Gasteiger partial charge is 0.341 e. The number of amides is 2. The maximum atomic E-state index is 12.6. The van der Waals surface area contributed by atoms with Gasteiger partial charge in [-0.05, 0) is 66.6 Å². The number of hydrogen-bond acceptors (Lipinski definition) is 6. The third kappa shape index (κ3) is 5.42. The summed E-state index contributed by atoms with van der Waals surface area (Å²) in [4.78, 5) is 36.9. The molecule has 7 nitrogen and oxygen atoms in total. The number of carbonyl (C=O) groups is 3. The zero-order valence-corrected chi connectivity index (χ0v) is 17.4. The van der Waals surface area contributed by atoms with Crippen molar-refractivity contribution >= 4 is 35.0 Å². The van der Waals surface area contributed by atoms with Crippen LogP contribution in [0.3, 0.4) is 0 Å². The van der Waals surface area contributed by atoms with Gasteiger partial charge in [0.2, 0.25) is 0 Å². The molecular weight excluding hydrogens is 406 g/mol. The Kier molecular flexibility index (Phi) is 6.79. The number of benzene rings is 2. The van der Waals surface area contributed by atoms with Gasteiger partial charge < -0.3 is 14.6 Å². The number of imide groups is 1. The molecular formula is C22H21NO6S. The van der Waals surface area contributed by atoms with Crippen molar-refractivity contribution in [2.24, 2.45) is 0 Å². The van der Waals surface area contributed by atoms with Crippen molar-refractivity contribution in [2.45, 2.75) is 13.8 Å². The summed E-state index contributed by atoms with van der Waals surface area (Å²) in [6.45, 7) is 3.86. The molecule has 2 aromatic rings. The van der Waals surface area contributed by atoms with Gasteiger partial charge in [0, 0.05) is 0 Å². The first kappa shape index (κ1) is 21.4. The van der Waals surface area contributed by atoms with E-state index in [1.165, 1.54) is 4.90 Å². The van der Waals surface area contributed by atoms with Gasteiger partial charge >= 0.3 is 5.97 Å². The quantitative estimate of drug-likeness (QED) is 0.639. The van der Waals surface area contributed by atoms with Crippen LogP contribution < -0.4 is 9.47 Å². The largest absolute Gasteiger partial charge is 0.491 e. The fourth-order valence-electron chi connectivity index (χ4n) is 2.76.